The number of benzene rings is 1. The van der Waals surface area contributed by atoms with E-state index in [4.69, 9.17) is 0 Å². The summed E-state index contributed by atoms with van der Waals surface area (Å²) in [6, 6.07) is 9.01. The largest absolute Gasteiger partial charge is 0.343 e. The van der Waals surface area contributed by atoms with Crippen molar-refractivity contribution in [3.05, 3.63) is 35.4 Å². The molecule has 4 rings (SSSR count). The molecule has 142 valence electrons. The number of carbonyl (C=O) groups is 1. The van der Waals surface area contributed by atoms with E-state index in [9.17, 15) is 4.79 Å². The molecule has 26 heavy (non-hydrogen) atoms. The number of carbonyl (C=O) groups excluding carboxylic acids is 1. The lowest BCUT2D eigenvalue weighted by Gasteiger charge is -2.40. The minimum Gasteiger partial charge on any atom is -0.343 e. The monoisotopic (exact) mass is 354 g/mol. The number of amides is 1. The molecule has 3 heteroatoms. The van der Waals surface area contributed by atoms with Crippen LogP contribution in [0.15, 0.2) is 24.3 Å². The molecule has 0 radical (unpaired) electrons. The fourth-order valence-electron chi connectivity index (χ4n) is 5.43. The third kappa shape index (κ3) is 3.43. The average molecular weight is 355 g/mol. The Labute approximate surface area is 158 Å². The average Bonchev–Trinajstić information content (AvgIpc) is 3.43. The molecule has 0 bridgehead atoms. The van der Waals surface area contributed by atoms with Crippen LogP contribution >= 0.6 is 0 Å². The Morgan fingerprint density at radius 1 is 1.15 bits per heavy atom. The molecular weight excluding hydrogens is 320 g/mol. The molecule has 3 aliphatic rings. The van der Waals surface area contributed by atoms with Crippen LogP contribution in [0.2, 0.25) is 0 Å². The molecule has 1 saturated carbocycles. The van der Waals surface area contributed by atoms with Gasteiger partial charge in [-0.05, 0) is 87.4 Å². The topological polar surface area (TPSA) is 23.6 Å². The SMILES string of the molecule is CCN(CC)C(=O)CC1CC2(CCN(CC3CC3)CC2)c2ccccc21. The van der Waals surface area contributed by atoms with Crippen LogP contribution in [-0.4, -0.2) is 48.4 Å². The first-order chi connectivity index (χ1) is 12.6. The summed E-state index contributed by atoms with van der Waals surface area (Å²) in [5.74, 6) is 1.73. The molecule has 1 aromatic carbocycles. The molecule has 1 aromatic rings. The third-order valence-corrected chi connectivity index (χ3v) is 7.17. The van der Waals surface area contributed by atoms with Crippen molar-refractivity contribution in [3.63, 3.8) is 0 Å². The van der Waals surface area contributed by atoms with E-state index in [1.165, 1.54) is 57.3 Å². The smallest absolute Gasteiger partial charge is 0.223 e. The highest BCUT2D eigenvalue weighted by atomic mass is 16.2. The molecule has 1 saturated heterocycles. The maximum absolute atomic E-state index is 12.7. The van der Waals surface area contributed by atoms with Gasteiger partial charge in [0.2, 0.25) is 5.91 Å². The van der Waals surface area contributed by atoms with Crippen LogP contribution in [0.4, 0.5) is 0 Å². The van der Waals surface area contributed by atoms with E-state index in [0.717, 1.165) is 19.0 Å². The van der Waals surface area contributed by atoms with Gasteiger partial charge in [0.25, 0.3) is 0 Å². The van der Waals surface area contributed by atoms with Crippen LogP contribution < -0.4 is 0 Å². The molecule has 1 atom stereocenters. The molecule has 1 heterocycles. The fourth-order valence-corrected chi connectivity index (χ4v) is 5.43. The molecule has 1 unspecified atom stereocenters. The summed E-state index contributed by atoms with van der Waals surface area (Å²) < 4.78 is 0. The second-order valence-electron chi connectivity index (χ2n) is 8.78. The summed E-state index contributed by atoms with van der Waals surface area (Å²) >= 11 is 0. The Balaban J connectivity index is 1.48. The number of rotatable bonds is 6. The number of likely N-dealkylation sites (tertiary alicyclic amines) is 1. The molecule has 1 aliphatic heterocycles. The highest BCUT2D eigenvalue weighted by Gasteiger charge is 2.46. The summed E-state index contributed by atoms with van der Waals surface area (Å²) in [7, 11) is 0. The van der Waals surface area contributed by atoms with Crippen LogP contribution in [-0.2, 0) is 10.2 Å². The van der Waals surface area contributed by atoms with Gasteiger partial charge >= 0.3 is 0 Å². The van der Waals surface area contributed by atoms with Gasteiger partial charge in [0.15, 0.2) is 0 Å². The van der Waals surface area contributed by atoms with Crippen molar-refractivity contribution >= 4 is 5.91 Å². The quantitative estimate of drug-likeness (QED) is 0.765. The maximum atomic E-state index is 12.7. The number of fused-ring (bicyclic) bond motifs is 2. The first-order valence-corrected chi connectivity index (χ1v) is 10.7. The molecule has 1 spiro atoms. The lowest BCUT2D eigenvalue weighted by atomic mass is 9.73. The van der Waals surface area contributed by atoms with Gasteiger partial charge in [0.1, 0.15) is 0 Å². The maximum Gasteiger partial charge on any atom is 0.223 e. The molecule has 1 amide bonds. The number of nitrogens with zero attached hydrogens (tertiary/aromatic N) is 2. The van der Waals surface area contributed by atoms with E-state index in [-0.39, 0.29) is 0 Å². The minimum absolute atomic E-state index is 0.324. The van der Waals surface area contributed by atoms with Crippen LogP contribution in [0.3, 0.4) is 0 Å². The summed E-state index contributed by atoms with van der Waals surface area (Å²) in [4.78, 5) is 17.4. The Hall–Kier alpha value is -1.35. The van der Waals surface area contributed by atoms with Gasteiger partial charge in [0, 0.05) is 26.1 Å². The molecular formula is C23H34N2O. The van der Waals surface area contributed by atoms with E-state index in [0.29, 0.717) is 23.7 Å². The Morgan fingerprint density at radius 3 is 2.50 bits per heavy atom. The predicted octanol–water partition coefficient (Wildman–Crippen LogP) is 4.18. The Kier molecular flexibility index (Phi) is 5.09. The molecule has 0 N–H and O–H groups in total. The van der Waals surface area contributed by atoms with Crippen LogP contribution in [0.5, 0.6) is 0 Å². The summed E-state index contributed by atoms with van der Waals surface area (Å²) in [6.07, 6.45) is 7.29. The third-order valence-electron chi connectivity index (χ3n) is 7.17. The van der Waals surface area contributed by atoms with E-state index >= 15 is 0 Å². The van der Waals surface area contributed by atoms with E-state index < -0.39 is 0 Å². The Bertz CT molecular complexity index is 639. The highest BCUT2D eigenvalue weighted by molar-refractivity contribution is 5.77. The van der Waals surface area contributed by atoms with Gasteiger partial charge in [-0.3, -0.25) is 4.79 Å². The zero-order valence-corrected chi connectivity index (χ0v) is 16.5. The van der Waals surface area contributed by atoms with Crippen molar-refractivity contribution in [2.75, 3.05) is 32.7 Å². The molecule has 0 aromatic heterocycles. The van der Waals surface area contributed by atoms with Crippen molar-refractivity contribution in [1.82, 2.24) is 9.80 Å². The summed E-state index contributed by atoms with van der Waals surface area (Å²) in [6.45, 7) is 9.61. The predicted molar refractivity (Wildman–Crippen MR) is 106 cm³/mol. The number of hydrogen-bond acceptors (Lipinski definition) is 2. The van der Waals surface area contributed by atoms with Crippen LogP contribution in [0, 0.1) is 5.92 Å². The fraction of sp³-hybridized carbons (Fsp3) is 0.696. The van der Waals surface area contributed by atoms with Crippen molar-refractivity contribution in [2.24, 2.45) is 5.92 Å². The molecule has 3 nitrogen and oxygen atoms in total. The minimum atomic E-state index is 0.324. The zero-order valence-electron chi connectivity index (χ0n) is 16.5. The number of piperidine rings is 1. The molecule has 2 fully saturated rings. The van der Waals surface area contributed by atoms with Gasteiger partial charge in [-0.25, -0.2) is 0 Å². The number of hydrogen-bond donors (Lipinski definition) is 0. The van der Waals surface area contributed by atoms with Crippen LogP contribution in [0.1, 0.15) is 69.4 Å². The second-order valence-corrected chi connectivity index (χ2v) is 8.78. The van der Waals surface area contributed by atoms with Crippen molar-refractivity contribution < 1.29 is 4.79 Å². The Morgan fingerprint density at radius 2 is 1.85 bits per heavy atom. The highest BCUT2D eigenvalue weighted by Crippen LogP contribution is 2.53. The lowest BCUT2D eigenvalue weighted by molar-refractivity contribution is -0.131. The summed E-state index contributed by atoms with van der Waals surface area (Å²) in [5, 5.41) is 0. The van der Waals surface area contributed by atoms with E-state index in [2.05, 4.69) is 43.0 Å². The molecule has 2 aliphatic carbocycles. The van der Waals surface area contributed by atoms with E-state index in [1.807, 2.05) is 4.90 Å². The zero-order chi connectivity index (χ0) is 18.1. The van der Waals surface area contributed by atoms with Gasteiger partial charge in [-0.2, -0.15) is 0 Å². The van der Waals surface area contributed by atoms with Gasteiger partial charge in [0.05, 0.1) is 0 Å². The first-order valence-electron chi connectivity index (χ1n) is 10.7. The van der Waals surface area contributed by atoms with Gasteiger partial charge in [-0.15, -0.1) is 0 Å². The van der Waals surface area contributed by atoms with Crippen molar-refractivity contribution in [1.29, 1.82) is 0 Å². The van der Waals surface area contributed by atoms with Crippen LogP contribution in [0.25, 0.3) is 0 Å². The van der Waals surface area contributed by atoms with Gasteiger partial charge < -0.3 is 9.80 Å². The lowest BCUT2D eigenvalue weighted by Crippen LogP contribution is -2.42. The van der Waals surface area contributed by atoms with Gasteiger partial charge in [-0.1, -0.05) is 24.3 Å². The summed E-state index contributed by atoms with van der Waals surface area (Å²) in [5.41, 5.74) is 3.34. The van der Waals surface area contributed by atoms with Crippen molar-refractivity contribution in [2.45, 2.75) is 63.7 Å². The standard InChI is InChI=1S/C23H34N2O/c1-3-25(4-2)22(26)15-19-16-23(21-8-6-5-7-20(19)21)11-13-24(14-12-23)17-18-9-10-18/h5-8,18-19H,3-4,9-17H2,1-2H3. The second kappa shape index (κ2) is 7.34. The van der Waals surface area contributed by atoms with E-state index in [1.54, 1.807) is 5.56 Å². The first kappa shape index (κ1) is 18.0. The van der Waals surface area contributed by atoms with Crippen molar-refractivity contribution in [3.8, 4) is 0 Å². The normalized spacial score (nSPS) is 24.6.